The molecule has 7 heteroatoms. The molecule has 0 aliphatic heterocycles. The topological polar surface area (TPSA) is 61.0 Å². The molecule has 0 saturated heterocycles. The minimum atomic E-state index is -0.837. The predicted octanol–water partition coefficient (Wildman–Crippen LogP) is 3.25. The minimum absolute atomic E-state index is 0.104. The van der Waals surface area contributed by atoms with E-state index >= 15 is 0 Å². The summed E-state index contributed by atoms with van der Waals surface area (Å²) in [5.41, 5.74) is 1.01. The maximum atomic E-state index is 13.9. The fourth-order valence-corrected chi connectivity index (χ4v) is 1.96. The first kappa shape index (κ1) is 13.5. The van der Waals surface area contributed by atoms with Crippen molar-refractivity contribution in [3.63, 3.8) is 0 Å². The van der Waals surface area contributed by atoms with Crippen molar-refractivity contribution >= 4 is 17.3 Å². The molecule has 5 nitrogen and oxygen atoms in total. The SMILES string of the molecule is Cc1nn(Cc2cccc([N+](=O)[O-])c2F)c(C)c1Cl. The number of rotatable bonds is 3. The zero-order valence-electron chi connectivity index (χ0n) is 10.4. The predicted molar refractivity (Wildman–Crippen MR) is 68.9 cm³/mol. The van der Waals surface area contributed by atoms with Crippen LogP contribution in [-0.4, -0.2) is 14.7 Å². The second kappa shape index (κ2) is 4.97. The Hall–Kier alpha value is -1.95. The van der Waals surface area contributed by atoms with Gasteiger partial charge in [-0.05, 0) is 13.8 Å². The molecule has 1 aromatic carbocycles. The molecule has 1 heterocycles. The number of benzene rings is 1. The smallest absolute Gasteiger partial charge is 0.264 e. The number of nitrogens with zero attached hydrogens (tertiary/aromatic N) is 3. The van der Waals surface area contributed by atoms with E-state index in [1.807, 2.05) is 0 Å². The van der Waals surface area contributed by atoms with Crippen LogP contribution in [0.2, 0.25) is 5.02 Å². The third kappa shape index (κ3) is 2.44. The van der Waals surface area contributed by atoms with Gasteiger partial charge in [0.2, 0.25) is 5.82 Å². The van der Waals surface area contributed by atoms with Gasteiger partial charge < -0.3 is 0 Å². The first-order valence-electron chi connectivity index (χ1n) is 5.53. The zero-order chi connectivity index (χ0) is 14.2. The van der Waals surface area contributed by atoms with Crippen molar-refractivity contribution in [2.24, 2.45) is 0 Å². The molecule has 2 aromatic rings. The zero-order valence-corrected chi connectivity index (χ0v) is 11.1. The molecule has 0 unspecified atom stereocenters. The van der Waals surface area contributed by atoms with Crippen LogP contribution in [0.4, 0.5) is 10.1 Å². The molecule has 0 N–H and O–H groups in total. The second-order valence-corrected chi connectivity index (χ2v) is 4.53. The normalized spacial score (nSPS) is 10.7. The first-order valence-corrected chi connectivity index (χ1v) is 5.91. The number of nitro benzene ring substituents is 1. The van der Waals surface area contributed by atoms with Crippen LogP contribution < -0.4 is 0 Å². The standard InChI is InChI=1S/C12H11ClFN3O2/c1-7-11(13)8(2)16(15-7)6-9-4-3-5-10(12(9)14)17(18)19/h3-5H,6H2,1-2H3. The molecule has 0 radical (unpaired) electrons. The maximum absolute atomic E-state index is 13.9. The molecule has 0 bridgehead atoms. The van der Waals surface area contributed by atoms with E-state index < -0.39 is 16.4 Å². The van der Waals surface area contributed by atoms with Crippen LogP contribution in [0.5, 0.6) is 0 Å². The number of hydrogen-bond acceptors (Lipinski definition) is 3. The maximum Gasteiger partial charge on any atom is 0.305 e. The summed E-state index contributed by atoms with van der Waals surface area (Å²) in [6, 6.07) is 4.07. The van der Waals surface area contributed by atoms with Crippen molar-refractivity contribution < 1.29 is 9.31 Å². The van der Waals surface area contributed by atoms with Gasteiger partial charge in [-0.1, -0.05) is 23.7 Å². The van der Waals surface area contributed by atoms with Gasteiger partial charge in [0.1, 0.15) is 0 Å². The average Bonchev–Trinajstić information content (AvgIpc) is 2.59. The molecule has 0 amide bonds. The Bertz CT molecular complexity index is 655. The van der Waals surface area contributed by atoms with Gasteiger partial charge in [0.15, 0.2) is 0 Å². The van der Waals surface area contributed by atoms with Crippen LogP contribution in [0.25, 0.3) is 0 Å². The summed E-state index contributed by atoms with van der Waals surface area (Å²) in [6.45, 7) is 3.61. The number of aryl methyl sites for hydroxylation is 1. The van der Waals surface area contributed by atoms with E-state index in [0.29, 0.717) is 16.4 Å². The van der Waals surface area contributed by atoms with Crippen molar-refractivity contribution in [3.05, 3.63) is 56.1 Å². The van der Waals surface area contributed by atoms with Crippen molar-refractivity contribution in [1.82, 2.24) is 9.78 Å². The van der Waals surface area contributed by atoms with Crippen LogP contribution in [0, 0.1) is 29.8 Å². The Morgan fingerprint density at radius 3 is 2.68 bits per heavy atom. The molecule has 0 spiro atoms. The summed E-state index contributed by atoms with van der Waals surface area (Å²) < 4.78 is 15.5. The highest BCUT2D eigenvalue weighted by atomic mass is 35.5. The third-order valence-corrected chi connectivity index (χ3v) is 3.42. The van der Waals surface area contributed by atoms with Crippen LogP contribution in [0.15, 0.2) is 18.2 Å². The van der Waals surface area contributed by atoms with Gasteiger partial charge in [0.05, 0.1) is 27.9 Å². The number of halogens is 2. The second-order valence-electron chi connectivity index (χ2n) is 4.15. The highest BCUT2D eigenvalue weighted by Gasteiger charge is 2.18. The van der Waals surface area contributed by atoms with Crippen molar-refractivity contribution in [1.29, 1.82) is 0 Å². The average molecular weight is 284 g/mol. The summed E-state index contributed by atoms with van der Waals surface area (Å²) in [7, 11) is 0. The van der Waals surface area contributed by atoms with Gasteiger partial charge in [-0.15, -0.1) is 0 Å². The first-order chi connectivity index (χ1) is 8.91. The van der Waals surface area contributed by atoms with Crippen LogP contribution in [0.1, 0.15) is 17.0 Å². The van der Waals surface area contributed by atoms with Crippen LogP contribution >= 0.6 is 11.6 Å². The Labute approximate surface area is 113 Å². The van der Waals surface area contributed by atoms with Gasteiger partial charge in [-0.25, -0.2) is 0 Å². The number of hydrogen-bond donors (Lipinski definition) is 0. The van der Waals surface area contributed by atoms with Gasteiger partial charge in [0.25, 0.3) is 0 Å². The lowest BCUT2D eigenvalue weighted by atomic mass is 10.2. The van der Waals surface area contributed by atoms with E-state index in [9.17, 15) is 14.5 Å². The van der Waals surface area contributed by atoms with Crippen molar-refractivity contribution in [2.75, 3.05) is 0 Å². The summed E-state index contributed by atoms with van der Waals surface area (Å²) in [5.74, 6) is -0.837. The lowest BCUT2D eigenvalue weighted by molar-refractivity contribution is -0.387. The Morgan fingerprint density at radius 1 is 1.47 bits per heavy atom. The molecule has 0 saturated carbocycles. The summed E-state index contributed by atoms with van der Waals surface area (Å²) in [5, 5.41) is 15.4. The van der Waals surface area contributed by atoms with Gasteiger partial charge in [0, 0.05) is 11.6 Å². The largest absolute Gasteiger partial charge is 0.305 e. The lowest BCUT2D eigenvalue weighted by Crippen LogP contribution is -2.07. The van der Waals surface area contributed by atoms with Gasteiger partial charge in [-0.2, -0.15) is 9.49 Å². The molecule has 100 valence electrons. The summed E-state index contributed by atoms with van der Waals surface area (Å²) in [4.78, 5) is 9.93. The Balaban J connectivity index is 2.41. The Morgan fingerprint density at radius 2 is 2.16 bits per heavy atom. The number of aromatic nitrogens is 2. The van der Waals surface area contributed by atoms with E-state index in [4.69, 9.17) is 11.6 Å². The number of nitro groups is 1. The fraction of sp³-hybridized carbons (Fsp3) is 0.250. The highest BCUT2D eigenvalue weighted by Crippen LogP contribution is 2.23. The molecule has 19 heavy (non-hydrogen) atoms. The fourth-order valence-electron chi connectivity index (χ4n) is 1.82. The van der Waals surface area contributed by atoms with Crippen molar-refractivity contribution in [2.45, 2.75) is 20.4 Å². The summed E-state index contributed by atoms with van der Waals surface area (Å²) in [6.07, 6.45) is 0. The van der Waals surface area contributed by atoms with Crippen LogP contribution in [0.3, 0.4) is 0 Å². The van der Waals surface area contributed by atoms with E-state index in [2.05, 4.69) is 5.10 Å². The minimum Gasteiger partial charge on any atom is -0.264 e. The monoisotopic (exact) mass is 283 g/mol. The molecule has 0 aliphatic carbocycles. The summed E-state index contributed by atoms with van der Waals surface area (Å²) >= 11 is 6.00. The molecule has 0 aliphatic rings. The van der Waals surface area contributed by atoms with E-state index in [-0.39, 0.29) is 12.1 Å². The highest BCUT2D eigenvalue weighted by molar-refractivity contribution is 6.31. The molecule has 2 rings (SSSR count). The van der Waals surface area contributed by atoms with E-state index in [0.717, 1.165) is 6.07 Å². The van der Waals surface area contributed by atoms with E-state index in [1.54, 1.807) is 13.8 Å². The third-order valence-electron chi connectivity index (χ3n) is 2.87. The Kier molecular flexibility index (Phi) is 3.53. The molecule has 0 atom stereocenters. The van der Waals surface area contributed by atoms with Gasteiger partial charge in [-0.3, -0.25) is 14.8 Å². The lowest BCUT2D eigenvalue weighted by Gasteiger charge is -2.06. The van der Waals surface area contributed by atoms with Crippen LogP contribution in [-0.2, 0) is 6.54 Å². The molecular weight excluding hydrogens is 273 g/mol. The van der Waals surface area contributed by atoms with Crippen molar-refractivity contribution in [3.8, 4) is 0 Å². The molecular formula is C12H11ClFN3O2. The molecule has 1 aromatic heterocycles. The van der Waals surface area contributed by atoms with Gasteiger partial charge >= 0.3 is 5.69 Å². The quantitative estimate of drug-likeness (QED) is 0.642. The molecule has 0 fully saturated rings. The van der Waals surface area contributed by atoms with E-state index in [1.165, 1.54) is 16.8 Å².